The fourth-order valence-electron chi connectivity index (χ4n) is 3.01. The zero-order valence-electron chi connectivity index (χ0n) is 12.8. The molecule has 0 N–H and O–H groups in total. The molecule has 2 nitrogen and oxygen atoms in total. The van der Waals surface area contributed by atoms with E-state index >= 15 is 0 Å². The fourth-order valence-corrected chi connectivity index (χ4v) is 3.01. The second-order valence-electron chi connectivity index (χ2n) is 5.60. The zero-order valence-corrected chi connectivity index (χ0v) is 12.8. The van der Waals surface area contributed by atoms with Gasteiger partial charge in [-0.15, -0.1) is 0 Å². The molecule has 23 heavy (non-hydrogen) atoms. The summed E-state index contributed by atoms with van der Waals surface area (Å²) in [7, 11) is 0. The maximum absolute atomic E-state index is 5.62. The highest BCUT2D eigenvalue weighted by atomic mass is 16.6. The van der Waals surface area contributed by atoms with Crippen LogP contribution in [0.3, 0.4) is 0 Å². The molecular formula is C21H17NO. The van der Waals surface area contributed by atoms with E-state index < -0.39 is 0 Å². The Morgan fingerprint density at radius 1 is 0.609 bits per heavy atom. The van der Waals surface area contributed by atoms with Crippen LogP contribution < -0.4 is 0 Å². The quantitative estimate of drug-likeness (QED) is 0.396. The Hall–Kier alpha value is -2.87. The van der Waals surface area contributed by atoms with E-state index in [4.69, 9.17) is 4.84 Å². The molecular weight excluding hydrogens is 282 g/mol. The van der Waals surface area contributed by atoms with Gasteiger partial charge in [-0.3, -0.25) is 0 Å². The Balaban J connectivity index is 1.56. The van der Waals surface area contributed by atoms with Gasteiger partial charge in [0, 0.05) is 17.5 Å². The summed E-state index contributed by atoms with van der Waals surface area (Å²) in [6.07, 6.45) is 0.862. The minimum absolute atomic E-state index is 0.581. The highest BCUT2D eigenvalue weighted by Gasteiger charge is 2.24. The molecule has 0 spiro atoms. The number of fused-ring (bicyclic) bond motifs is 3. The SMILES string of the molecule is c1ccc(CCON=C2c3ccccc3-c3ccccc32)cc1. The third kappa shape index (κ3) is 2.64. The standard InChI is InChI=1S/C21H17NO/c1-2-8-16(9-3-1)14-15-23-22-21-19-12-6-4-10-17(19)18-11-5-7-13-20(18)21/h1-13H,14-15H2. The van der Waals surface area contributed by atoms with E-state index in [1.54, 1.807) is 0 Å². The summed E-state index contributed by atoms with van der Waals surface area (Å²) in [5.41, 5.74) is 6.95. The van der Waals surface area contributed by atoms with E-state index in [0.29, 0.717) is 6.61 Å². The fraction of sp³-hybridized carbons (Fsp3) is 0.0952. The van der Waals surface area contributed by atoms with E-state index in [-0.39, 0.29) is 0 Å². The molecule has 0 atom stereocenters. The second kappa shape index (κ2) is 6.09. The number of oxime groups is 1. The summed E-state index contributed by atoms with van der Waals surface area (Å²) in [4.78, 5) is 5.62. The molecule has 0 unspecified atom stereocenters. The minimum Gasteiger partial charge on any atom is -0.395 e. The van der Waals surface area contributed by atoms with Crippen molar-refractivity contribution in [3.8, 4) is 11.1 Å². The summed E-state index contributed by atoms with van der Waals surface area (Å²) in [6.45, 7) is 0.581. The molecule has 2 heteroatoms. The molecule has 3 aromatic carbocycles. The van der Waals surface area contributed by atoms with Crippen molar-refractivity contribution in [2.45, 2.75) is 6.42 Å². The molecule has 4 rings (SSSR count). The van der Waals surface area contributed by atoms with Gasteiger partial charge in [0.25, 0.3) is 0 Å². The van der Waals surface area contributed by atoms with E-state index in [0.717, 1.165) is 23.3 Å². The van der Waals surface area contributed by atoms with Crippen molar-refractivity contribution in [2.24, 2.45) is 5.16 Å². The first-order chi connectivity index (χ1) is 11.4. The van der Waals surface area contributed by atoms with Crippen molar-refractivity contribution in [1.29, 1.82) is 0 Å². The summed E-state index contributed by atoms with van der Waals surface area (Å²) in [6, 6.07) is 27.0. The normalized spacial score (nSPS) is 11.7. The van der Waals surface area contributed by atoms with Crippen molar-refractivity contribution in [1.82, 2.24) is 0 Å². The van der Waals surface area contributed by atoms with Crippen LogP contribution in [0.25, 0.3) is 11.1 Å². The summed E-state index contributed by atoms with van der Waals surface area (Å²) >= 11 is 0. The van der Waals surface area contributed by atoms with Crippen LogP contribution >= 0.6 is 0 Å². The number of hydrogen-bond donors (Lipinski definition) is 0. The van der Waals surface area contributed by atoms with Crippen LogP contribution in [0, 0.1) is 0 Å². The third-order valence-electron chi connectivity index (χ3n) is 4.14. The average Bonchev–Trinajstić information content (AvgIpc) is 2.94. The Bertz CT molecular complexity index is 805. The van der Waals surface area contributed by atoms with Gasteiger partial charge in [0.2, 0.25) is 0 Å². The first-order valence-electron chi connectivity index (χ1n) is 7.86. The van der Waals surface area contributed by atoms with E-state index in [2.05, 4.69) is 53.7 Å². The maximum Gasteiger partial charge on any atom is 0.121 e. The Kier molecular flexibility index (Phi) is 3.65. The van der Waals surface area contributed by atoms with E-state index in [1.807, 2.05) is 30.3 Å². The minimum atomic E-state index is 0.581. The summed E-state index contributed by atoms with van der Waals surface area (Å²) < 4.78 is 0. The molecule has 0 saturated carbocycles. The van der Waals surface area contributed by atoms with Crippen LogP contribution in [0.15, 0.2) is 84.0 Å². The van der Waals surface area contributed by atoms with Gasteiger partial charge in [-0.2, -0.15) is 0 Å². The molecule has 0 aliphatic heterocycles. The van der Waals surface area contributed by atoms with Gasteiger partial charge >= 0.3 is 0 Å². The summed E-state index contributed by atoms with van der Waals surface area (Å²) in [5.74, 6) is 0. The first-order valence-corrected chi connectivity index (χ1v) is 7.86. The molecule has 0 saturated heterocycles. The molecule has 3 aromatic rings. The molecule has 112 valence electrons. The van der Waals surface area contributed by atoms with Crippen LogP contribution in [0.2, 0.25) is 0 Å². The monoisotopic (exact) mass is 299 g/mol. The highest BCUT2D eigenvalue weighted by molar-refractivity contribution is 6.24. The average molecular weight is 299 g/mol. The first kappa shape index (κ1) is 13.8. The number of rotatable bonds is 4. The lowest BCUT2D eigenvalue weighted by molar-refractivity contribution is 0.148. The van der Waals surface area contributed by atoms with Gasteiger partial charge in [0.05, 0.1) is 0 Å². The topological polar surface area (TPSA) is 21.6 Å². The van der Waals surface area contributed by atoms with Crippen LogP contribution in [0.5, 0.6) is 0 Å². The lowest BCUT2D eigenvalue weighted by Crippen LogP contribution is -2.01. The predicted octanol–water partition coefficient (Wildman–Crippen LogP) is 4.68. The van der Waals surface area contributed by atoms with Crippen LogP contribution in [0.4, 0.5) is 0 Å². The van der Waals surface area contributed by atoms with Gasteiger partial charge in [0.15, 0.2) is 0 Å². The van der Waals surface area contributed by atoms with Crippen molar-refractivity contribution >= 4 is 5.71 Å². The van der Waals surface area contributed by atoms with Crippen LogP contribution in [0.1, 0.15) is 16.7 Å². The van der Waals surface area contributed by atoms with Crippen LogP contribution in [-0.4, -0.2) is 12.3 Å². The second-order valence-corrected chi connectivity index (χ2v) is 5.60. The van der Waals surface area contributed by atoms with E-state index in [9.17, 15) is 0 Å². The Morgan fingerprint density at radius 3 is 1.74 bits per heavy atom. The molecule has 0 radical (unpaired) electrons. The smallest absolute Gasteiger partial charge is 0.121 e. The van der Waals surface area contributed by atoms with Gasteiger partial charge in [-0.05, 0) is 16.7 Å². The summed E-state index contributed by atoms with van der Waals surface area (Å²) in [5, 5.41) is 4.44. The lowest BCUT2D eigenvalue weighted by Gasteiger charge is -2.03. The third-order valence-corrected chi connectivity index (χ3v) is 4.14. The Labute approximate surface area is 136 Å². The largest absolute Gasteiger partial charge is 0.395 e. The van der Waals surface area contributed by atoms with Gasteiger partial charge in [0.1, 0.15) is 12.3 Å². The van der Waals surface area contributed by atoms with Gasteiger partial charge in [-0.25, -0.2) is 0 Å². The van der Waals surface area contributed by atoms with Crippen molar-refractivity contribution in [3.05, 3.63) is 95.6 Å². The zero-order chi connectivity index (χ0) is 15.5. The molecule has 0 bridgehead atoms. The molecule has 0 fully saturated rings. The van der Waals surface area contributed by atoms with Crippen molar-refractivity contribution in [2.75, 3.05) is 6.61 Å². The predicted molar refractivity (Wildman–Crippen MR) is 93.6 cm³/mol. The van der Waals surface area contributed by atoms with Crippen molar-refractivity contribution in [3.63, 3.8) is 0 Å². The number of nitrogens with zero attached hydrogens (tertiary/aromatic N) is 1. The number of benzene rings is 3. The van der Waals surface area contributed by atoms with Crippen LogP contribution in [-0.2, 0) is 11.3 Å². The van der Waals surface area contributed by atoms with Crippen molar-refractivity contribution < 1.29 is 4.84 Å². The van der Waals surface area contributed by atoms with Gasteiger partial charge in [-0.1, -0.05) is 84.0 Å². The number of hydrogen-bond acceptors (Lipinski definition) is 2. The Morgan fingerprint density at radius 2 is 1.13 bits per heavy atom. The molecule has 0 heterocycles. The van der Waals surface area contributed by atoms with Gasteiger partial charge < -0.3 is 4.84 Å². The maximum atomic E-state index is 5.62. The van der Waals surface area contributed by atoms with E-state index in [1.165, 1.54) is 16.7 Å². The molecule has 1 aliphatic carbocycles. The molecule has 0 aromatic heterocycles. The lowest BCUT2D eigenvalue weighted by atomic mass is 10.1. The molecule has 0 amide bonds. The highest BCUT2D eigenvalue weighted by Crippen LogP contribution is 2.36. The molecule has 1 aliphatic rings.